The summed E-state index contributed by atoms with van der Waals surface area (Å²) in [6.45, 7) is 0. The molecule has 0 aliphatic rings. The molecule has 0 saturated heterocycles. The summed E-state index contributed by atoms with van der Waals surface area (Å²) in [6.07, 6.45) is 1.67. The van der Waals surface area contributed by atoms with Gasteiger partial charge in [-0.25, -0.2) is 4.98 Å². The van der Waals surface area contributed by atoms with Crippen molar-refractivity contribution in [3.63, 3.8) is 0 Å². The minimum atomic E-state index is 0.404. The monoisotopic (exact) mass is 446 g/mol. The van der Waals surface area contributed by atoms with Gasteiger partial charge in [0.1, 0.15) is 11.8 Å². The molecule has 0 atom stereocenters. The van der Waals surface area contributed by atoms with E-state index in [-0.39, 0.29) is 0 Å². The molecule has 0 bridgehead atoms. The SMILES string of the molecule is N#Cc1ccc2c(c1)c1ccccc1n2-c1cccc(-c2cccc(-c3ccnc(C#N)c3)c2)c1. The largest absolute Gasteiger partial charge is 0.309 e. The van der Waals surface area contributed by atoms with Crippen molar-refractivity contribution in [2.45, 2.75) is 0 Å². The summed E-state index contributed by atoms with van der Waals surface area (Å²) in [5.41, 5.74) is 8.46. The van der Waals surface area contributed by atoms with E-state index < -0.39 is 0 Å². The molecule has 162 valence electrons. The van der Waals surface area contributed by atoms with Gasteiger partial charge in [-0.1, -0.05) is 48.5 Å². The molecule has 0 saturated carbocycles. The first-order chi connectivity index (χ1) is 17.2. The second-order valence-corrected chi connectivity index (χ2v) is 8.37. The minimum Gasteiger partial charge on any atom is -0.309 e. The minimum absolute atomic E-state index is 0.404. The first-order valence-corrected chi connectivity index (χ1v) is 11.3. The van der Waals surface area contributed by atoms with Crippen molar-refractivity contribution in [2.24, 2.45) is 0 Å². The van der Waals surface area contributed by atoms with E-state index in [2.05, 4.69) is 70.2 Å². The third-order valence-electron chi connectivity index (χ3n) is 6.31. The highest BCUT2D eigenvalue weighted by Gasteiger charge is 2.13. The molecule has 2 aromatic heterocycles. The first kappa shape index (κ1) is 20.4. The van der Waals surface area contributed by atoms with E-state index in [9.17, 15) is 10.5 Å². The summed E-state index contributed by atoms with van der Waals surface area (Å²) >= 11 is 0. The van der Waals surface area contributed by atoms with Gasteiger partial charge in [0.05, 0.1) is 22.7 Å². The van der Waals surface area contributed by atoms with Crippen LogP contribution >= 0.6 is 0 Å². The van der Waals surface area contributed by atoms with Gasteiger partial charge in [0.25, 0.3) is 0 Å². The van der Waals surface area contributed by atoms with Crippen LogP contribution in [0, 0.1) is 22.7 Å². The van der Waals surface area contributed by atoms with Gasteiger partial charge in [0.2, 0.25) is 0 Å². The van der Waals surface area contributed by atoms with Crippen LogP contribution in [0.1, 0.15) is 11.3 Å². The van der Waals surface area contributed by atoms with Gasteiger partial charge in [-0.15, -0.1) is 0 Å². The number of nitrogens with zero attached hydrogens (tertiary/aromatic N) is 4. The fraction of sp³-hybridized carbons (Fsp3) is 0. The van der Waals surface area contributed by atoms with E-state index in [1.807, 2.05) is 54.6 Å². The molecule has 4 aromatic carbocycles. The van der Waals surface area contributed by atoms with Crippen molar-refractivity contribution in [3.8, 4) is 40.1 Å². The van der Waals surface area contributed by atoms with Gasteiger partial charge in [-0.2, -0.15) is 10.5 Å². The lowest BCUT2D eigenvalue weighted by atomic mass is 9.99. The molecule has 0 aliphatic carbocycles. The molecule has 0 fully saturated rings. The van der Waals surface area contributed by atoms with Crippen LogP contribution in [0.25, 0.3) is 49.7 Å². The Labute approximate surface area is 202 Å². The molecule has 0 unspecified atom stereocenters. The number of para-hydroxylation sites is 1. The Morgan fingerprint density at radius 3 is 2.09 bits per heavy atom. The Morgan fingerprint density at radius 2 is 1.29 bits per heavy atom. The van der Waals surface area contributed by atoms with E-state index in [4.69, 9.17) is 0 Å². The molecule has 0 amide bonds. The van der Waals surface area contributed by atoms with Gasteiger partial charge in [-0.3, -0.25) is 0 Å². The van der Waals surface area contributed by atoms with Crippen molar-refractivity contribution in [3.05, 3.63) is 121 Å². The third kappa shape index (κ3) is 3.51. The first-order valence-electron chi connectivity index (χ1n) is 11.3. The zero-order valence-corrected chi connectivity index (χ0v) is 18.7. The number of rotatable bonds is 3. The predicted molar refractivity (Wildman–Crippen MR) is 139 cm³/mol. The average molecular weight is 447 g/mol. The van der Waals surface area contributed by atoms with E-state index in [1.54, 1.807) is 6.20 Å². The van der Waals surface area contributed by atoms with E-state index in [0.717, 1.165) is 49.7 Å². The topological polar surface area (TPSA) is 65.4 Å². The van der Waals surface area contributed by atoms with Gasteiger partial charge >= 0.3 is 0 Å². The maximum Gasteiger partial charge on any atom is 0.141 e. The van der Waals surface area contributed by atoms with E-state index >= 15 is 0 Å². The van der Waals surface area contributed by atoms with Crippen LogP contribution in [0.3, 0.4) is 0 Å². The second kappa shape index (κ2) is 8.30. The van der Waals surface area contributed by atoms with E-state index in [1.165, 1.54) is 0 Å². The number of hydrogen-bond donors (Lipinski definition) is 0. The molecule has 0 N–H and O–H groups in total. The average Bonchev–Trinajstić information content (AvgIpc) is 3.27. The number of pyridine rings is 1. The zero-order valence-electron chi connectivity index (χ0n) is 18.7. The molecule has 4 nitrogen and oxygen atoms in total. The summed E-state index contributed by atoms with van der Waals surface area (Å²) in [7, 11) is 0. The van der Waals surface area contributed by atoms with Crippen LogP contribution in [0.2, 0.25) is 0 Å². The summed E-state index contributed by atoms with van der Waals surface area (Å²) < 4.78 is 2.25. The van der Waals surface area contributed by atoms with Crippen molar-refractivity contribution < 1.29 is 0 Å². The van der Waals surface area contributed by atoms with Gasteiger partial charge in [-0.05, 0) is 76.9 Å². The van der Waals surface area contributed by atoms with Crippen molar-refractivity contribution in [2.75, 3.05) is 0 Å². The highest BCUT2D eigenvalue weighted by Crippen LogP contribution is 2.34. The summed E-state index contributed by atoms with van der Waals surface area (Å²) in [5, 5.41) is 20.8. The molecule has 6 aromatic rings. The number of nitriles is 2. The Hall–Kier alpha value is -5.19. The van der Waals surface area contributed by atoms with Gasteiger partial charge in [0, 0.05) is 22.7 Å². The molecule has 35 heavy (non-hydrogen) atoms. The second-order valence-electron chi connectivity index (χ2n) is 8.37. The number of hydrogen-bond acceptors (Lipinski definition) is 3. The molecule has 0 spiro atoms. The van der Waals surface area contributed by atoms with Crippen LogP contribution < -0.4 is 0 Å². The Morgan fingerprint density at radius 1 is 0.571 bits per heavy atom. The smallest absolute Gasteiger partial charge is 0.141 e. The molecule has 6 rings (SSSR count). The van der Waals surface area contributed by atoms with Crippen LogP contribution in [0.4, 0.5) is 0 Å². The molecule has 4 heteroatoms. The highest BCUT2D eigenvalue weighted by atomic mass is 15.0. The molecule has 0 aliphatic heterocycles. The molecular weight excluding hydrogens is 428 g/mol. The predicted octanol–water partition coefficient (Wildman–Crippen LogP) is 7.26. The third-order valence-corrected chi connectivity index (χ3v) is 6.31. The molecule has 2 heterocycles. The number of fused-ring (bicyclic) bond motifs is 3. The van der Waals surface area contributed by atoms with Crippen LogP contribution in [-0.2, 0) is 0 Å². The summed E-state index contributed by atoms with van der Waals surface area (Å²) in [4.78, 5) is 4.08. The van der Waals surface area contributed by atoms with Gasteiger partial charge in [0.15, 0.2) is 0 Å². The van der Waals surface area contributed by atoms with Gasteiger partial charge < -0.3 is 4.57 Å². The fourth-order valence-electron chi connectivity index (χ4n) is 4.69. The standard InChI is InChI=1S/C31H18N4/c32-19-21-11-12-31-29(15-21)28-9-1-2-10-30(28)35(31)27-8-4-7-24(18-27)22-5-3-6-23(16-22)25-13-14-34-26(17-25)20-33/h1-18H. The number of aromatic nitrogens is 2. The highest BCUT2D eigenvalue weighted by molar-refractivity contribution is 6.09. The fourth-order valence-corrected chi connectivity index (χ4v) is 4.69. The summed E-state index contributed by atoms with van der Waals surface area (Å²) in [6, 6.07) is 39.1. The van der Waals surface area contributed by atoms with Crippen LogP contribution in [-0.4, -0.2) is 9.55 Å². The normalized spacial score (nSPS) is 10.8. The Kier molecular flexibility index (Phi) is 4.84. The lowest BCUT2D eigenvalue weighted by molar-refractivity contribution is 1.18. The van der Waals surface area contributed by atoms with Crippen molar-refractivity contribution >= 4 is 21.8 Å². The Bertz CT molecular complexity index is 1830. The quantitative estimate of drug-likeness (QED) is 0.287. The zero-order chi connectivity index (χ0) is 23.8. The number of benzene rings is 4. The lowest BCUT2D eigenvalue weighted by Gasteiger charge is -2.11. The van der Waals surface area contributed by atoms with Crippen LogP contribution in [0.15, 0.2) is 109 Å². The summed E-state index contributed by atoms with van der Waals surface area (Å²) in [5.74, 6) is 0. The van der Waals surface area contributed by atoms with Crippen molar-refractivity contribution in [1.82, 2.24) is 9.55 Å². The molecule has 0 radical (unpaired) electrons. The van der Waals surface area contributed by atoms with E-state index in [0.29, 0.717) is 11.3 Å². The maximum absolute atomic E-state index is 9.41. The lowest BCUT2D eigenvalue weighted by Crippen LogP contribution is -1.94. The van der Waals surface area contributed by atoms with Crippen LogP contribution in [0.5, 0.6) is 0 Å². The Balaban J connectivity index is 1.51. The van der Waals surface area contributed by atoms with Crippen molar-refractivity contribution in [1.29, 1.82) is 10.5 Å². The maximum atomic E-state index is 9.41. The molecular formula is C31H18N4.